The molecule has 120 valence electrons. The summed E-state index contributed by atoms with van der Waals surface area (Å²) in [6.07, 6.45) is 7.33. The van der Waals surface area contributed by atoms with Gasteiger partial charge in [-0.15, -0.1) is 0 Å². The van der Waals surface area contributed by atoms with Crippen LogP contribution in [0.1, 0.15) is 57.8 Å². The molecule has 0 spiro atoms. The molecule has 3 unspecified atom stereocenters. The molecule has 21 heavy (non-hydrogen) atoms. The van der Waals surface area contributed by atoms with E-state index in [1.807, 2.05) is 0 Å². The molecule has 1 aromatic heterocycles. The first-order valence-corrected chi connectivity index (χ1v) is 8.89. The maximum absolute atomic E-state index is 6.57. The van der Waals surface area contributed by atoms with Crippen LogP contribution in [0, 0.1) is 11.8 Å². The van der Waals surface area contributed by atoms with Crippen molar-refractivity contribution in [2.24, 2.45) is 11.8 Å². The predicted octanol–water partition coefficient (Wildman–Crippen LogP) is 4.08. The van der Waals surface area contributed by atoms with Crippen molar-refractivity contribution >= 4 is 11.6 Å². The summed E-state index contributed by atoms with van der Waals surface area (Å²) in [5.74, 6) is 1.62. The summed E-state index contributed by atoms with van der Waals surface area (Å²) in [6.45, 7) is 7.55. The standard InChI is InChI=1S/C17H30ClN3/c1-5-14-17(18)16(21(6-2)20-14)11-15(19-4)13-9-7-8-12(3)10-13/h12-13,15,19H,5-11H2,1-4H3. The third-order valence-corrected chi connectivity index (χ3v) is 5.46. The number of rotatable bonds is 6. The van der Waals surface area contributed by atoms with E-state index in [0.717, 1.165) is 41.9 Å². The Labute approximate surface area is 134 Å². The number of nitrogens with one attached hydrogen (secondary N) is 1. The molecule has 0 aliphatic heterocycles. The lowest BCUT2D eigenvalue weighted by molar-refractivity contribution is 0.225. The van der Waals surface area contributed by atoms with Crippen molar-refractivity contribution in [1.82, 2.24) is 15.1 Å². The SMILES string of the molecule is CCc1nn(CC)c(CC(NC)C2CCCC(C)C2)c1Cl. The van der Waals surface area contributed by atoms with Crippen molar-refractivity contribution in [2.45, 2.75) is 71.9 Å². The van der Waals surface area contributed by atoms with Gasteiger partial charge in [0, 0.05) is 19.0 Å². The fourth-order valence-electron chi connectivity index (χ4n) is 3.77. The van der Waals surface area contributed by atoms with Crippen LogP contribution in [0.2, 0.25) is 5.02 Å². The third-order valence-electron chi connectivity index (χ3n) is 5.02. The van der Waals surface area contributed by atoms with E-state index in [1.54, 1.807) is 0 Å². The lowest BCUT2D eigenvalue weighted by Crippen LogP contribution is -2.38. The number of nitrogens with zero attached hydrogens (tertiary/aromatic N) is 2. The molecule has 0 bridgehead atoms. The molecular weight excluding hydrogens is 282 g/mol. The summed E-state index contributed by atoms with van der Waals surface area (Å²) in [4.78, 5) is 0. The summed E-state index contributed by atoms with van der Waals surface area (Å²) in [5.41, 5.74) is 2.26. The molecule has 1 aliphatic carbocycles. The minimum Gasteiger partial charge on any atom is -0.316 e. The number of halogens is 1. The maximum Gasteiger partial charge on any atom is 0.0850 e. The lowest BCUT2D eigenvalue weighted by atomic mass is 9.77. The van der Waals surface area contributed by atoms with Gasteiger partial charge in [-0.1, -0.05) is 38.3 Å². The monoisotopic (exact) mass is 311 g/mol. The highest BCUT2D eigenvalue weighted by Crippen LogP contribution is 2.33. The van der Waals surface area contributed by atoms with Gasteiger partial charge in [0.1, 0.15) is 0 Å². The van der Waals surface area contributed by atoms with E-state index < -0.39 is 0 Å². The van der Waals surface area contributed by atoms with Crippen LogP contribution in [0.4, 0.5) is 0 Å². The average Bonchev–Trinajstić information content (AvgIpc) is 2.80. The highest BCUT2D eigenvalue weighted by atomic mass is 35.5. The first-order chi connectivity index (χ1) is 10.1. The summed E-state index contributed by atoms with van der Waals surface area (Å²) >= 11 is 6.57. The van der Waals surface area contributed by atoms with Crippen LogP contribution in [0.25, 0.3) is 0 Å². The van der Waals surface area contributed by atoms with E-state index in [1.165, 1.54) is 31.4 Å². The maximum atomic E-state index is 6.57. The minimum atomic E-state index is 0.511. The zero-order valence-electron chi connectivity index (χ0n) is 14.0. The Hall–Kier alpha value is -0.540. The number of hydrogen-bond acceptors (Lipinski definition) is 2. The van der Waals surface area contributed by atoms with E-state index in [-0.39, 0.29) is 0 Å². The topological polar surface area (TPSA) is 29.9 Å². The van der Waals surface area contributed by atoms with E-state index in [4.69, 9.17) is 11.6 Å². The second-order valence-electron chi connectivity index (χ2n) is 6.51. The van der Waals surface area contributed by atoms with E-state index in [9.17, 15) is 0 Å². The zero-order chi connectivity index (χ0) is 15.4. The molecule has 2 rings (SSSR count). The molecule has 1 aromatic rings. The van der Waals surface area contributed by atoms with Crippen LogP contribution in [-0.2, 0) is 19.4 Å². The Morgan fingerprint density at radius 2 is 2.14 bits per heavy atom. The first kappa shape index (κ1) is 16.8. The van der Waals surface area contributed by atoms with Crippen molar-refractivity contribution < 1.29 is 0 Å². The molecule has 0 amide bonds. The quantitative estimate of drug-likeness (QED) is 0.858. The van der Waals surface area contributed by atoms with Gasteiger partial charge in [-0.25, -0.2) is 0 Å². The normalized spacial score (nSPS) is 24.2. The molecule has 1 saturated carbocycles. The van der Waals surface area contributed by atoms with Crippen molar-refractivity contribution in [3.8, 4) is 0 Å². The summed E-state index contributed by atoms with van der Waals surface area (Å²) in [6, 6.07) is 0.511. The lowest BCUT2D eigenvalue weighted by Gasteiger charge is -2.33. The fourth-order valence-corrected chi connectivity index (χ4v) is 4.12. The molecule has 1 fully saturated rings. The highest BCUT2D eigenvalue weighted by Gasteiger charge is 2.28. The molecule has 1 heterocycles. The Morgan fingerprint density at radius 3 is 2.71 bits per heavy atom. The van der Waals surface area contributed by atoms with Crippen LogP contribution in [-0.4, -0.2) is 22.9 Å². The van der Waals surface area contributed by atoms with Crippen LogP contribution in [0.15, 0.2) is 0 Å². The van der Waals surface area contributed by atoms with Gasteiger partial charge in [0.05, 0.1) is 16.4 Å². The molecule has 4 heteroatoms. The van der Waals surface area contributed by atoms with Gasteiger partial charge in [-0.05, 0) is 45.1 Å². The summed E-state index contributed by atoms with van der Waals surface area (Å²) in [7, 11) is 2.09. The third kappa shape index (κ3) is 3.81. The van der Waals surface area contributed by atoms with Crippen molar-refractivity contribution in [1.29, 1.82) is 0 Å². The van der Waals surface area contributed by atoms with Crippen LogP contribution in [0.3, 0.4) is 0 Å². The smallest absolute Gasteiger partial charge is 0.0850 e. The highest BCUT2D eigenvalue weighted by molar-refractivity contribution is 6.31. The average molecular weight is 312 g/mol. The molecule has 0 saturated heterocycles. The molecule has 0 aromatic carbocycles. The Kier molecular flexibility index (Phi) is 6.12. The van der Waals surface area contributed by atoms with Crippen LogP contribution >= 0.6 is 11.6 Å². The van der Waals surface area contributed by atoms with Gasteiger partial charge in [0.2, 0.25) is 0 Å². The molecule has 1 N–H and O–H groups in total. The molecular formula is C17H30ClN3. The zero-order valence-corrected chi connectivity index (χ0v) is 14.7. The van der Waals surface area contributed by atoms with Gasteiger partial charge < -0.3 is 5.32 Å². The van der Waals surface area contributed by atoms with Crippen LogP contribution < -0.4 is 5.32 Å². The molecule has 1 aliphatic rings. The van der Waals surface area contributed by atoms with Gasteiger partial charge in [-0.3, -0.25) is 4.68 Å². The van der Waals surface area contributed by atoms with Gasteiger partial charge in [0.25, 0.3) is 0 Å². The van der Waals surface area contributed by atoms with Crippen LogP contribution in [0.5, 0.6) is 0 Å². The van der Waals surface area contributed by atoms with Gasteiger partial charge in [-0.2, -0.15) is 5.10 Å². The Morgan fingerprint density at radius 1 is 1.38 bits per heavy atom. The Bertz CT molecular complexity index is 455. The van der Waals surface area contributed by atoms with Gasteiger partial charge in [0.15, 0.2) is 0 Å². The predicted molar refractivity (Wildman–Crippen MR) is 90.0 cm³/mol. The van der Waals surface area contributed by atoms with E-state index in [2.05, 4.69) is 42.9 Å². The summed E-state index contributed by atoms with van der Waals surface area (Å²) in [5, 5.41) is 9.09. The number of aromatic nitrogens is 2. The van der Waals surface area contributed by atoms with Gasteiger partial charge >= 0.3 is 0 Å². The van der Waals surface area contributed by atoms with Crippen molar-refractivity contribution in [3.05, 3.63) is 16.4 Å². The first-order valence-electron chi connectivity index (χ1n) is 8.51. The molecule has 3 nitrogen and oxygen atoms in total. The molecule has 3 atom stereocenters. The second-order valence-corrected chi connectivity index (χ2v) is 6.89. The summed E-state index contributed by atoms with van der Waals surface area (Å²) < 4.78 is 2.10. The number of likely N-dealkylation sites (N-methyl/N-ethyl adjacent to an activating group) is 1. The van der Waals surface area contributed by atoms with E-state index >= 15 is 0 Å². The van der Waals surface area contributed by atoms with Crippen molar-refractivity contribution in [2.75, 3.05) is 7.05 Å². The second kappa shape index (κ2) is 7.64. The Balaban J connectivity index is 2.16. The van der Waals surface area contributed by atoms with Crippen molar-refractivity contribution in [3.63, 3.8) is 0 Å². The van der Waals surface area contributed by atoms with E-state index in [0.29, 0.717) is 6.04 Å². The molecule has 0 radical (unpaired) electrons. The minimum absolute atomic E-state index is 0.511. The fraction of sp³-hybridized carbons (Fsp3) is 0.824. The number of hydrogen-bond donors (Lipinski definition) is 1. The largest absolute Gasteiger partial charge is 0.316 e. The number of aryl methyl sites for hydroxylation is 2.